The Balaban J connectivity index is 2.54. The first-order valence-electron chi connectivity index (χ1n) is 6.50. The minimum Gasteiger partial charge on any atom is -0.378 e. The SMILES string of the molecule is CCCCC#CC#CC#Cc1ccc(N(C)C)cc1. The predicted molar refractivity (Wildman–Crippen MR) is 82.7 cm³/mol. The lowest BCUT2D eigenvalue weighted by Crippen LogP contribution is -2.07. The van der Waals surface area contributed by atoms with Crippen molar-refractivity contribution in [1.82, 2.24) is 0 Å². The fraction of sp³-hybridized carbons (Fsp3) is 0.333. The summed E-state index contributed by atoms with van der Waals surface area (Å²) in [5.74, 6) is 17.1. The highest BCUT2D eigenvalue weighted by molar-refractivity contribution is 5.50. The van der Waals surface area contributed by atoms with Crippen molar-refractivity contribution < 1.29 is 0 Å². The summed E-state index contributed by atoms with van der Waals surface area (Å²) < 4.78 is 0. The van der Waals surface area contributed by atoms with Crippen molar-refractivity contribution in [2.24, 2.45) is 0 Å². The highest BCUT2D eigenvalue weighted by Crippen LogP contribution is 2.11. The van der Waals surface area contributed by atoms with E-state index in [1.807, 2.05) is 38.4 Å². The monoisotopic (exact) mass is 249 g/mol. The van der Waals surface area contributed by atoms with E-state index < -0.39 is 0 Å². The molecule has 19 heavy (non-hydrogen) atoms. The number of hydrogen-bond donors (Lipinski definition) is 0. The molecule has 1 rings (SSSR count). The molecule has 0 aliphatic rings. The molecule has 0 aliphatic heterocycles. The molecular formula is C18H19N. The molecule has 0 fully saturated rings. The van der Waals surface area contributed by atoms with Crippen LogP contribution in [0.25, 0.3) is 0 Å². The molecular weight excluding hydrogens is 230 g/mol. The molecule has 0 spiro atoms. The Morgan fingerprint density at radius 2 is 1.63 bits per heavy atom. The van der Waals surface area contributed by atoms with Gasteiger partial charge in [-0.1, -0.05) is 25.2 Å². The lowest BCUT2D eigenvalue weighted by molar-refractivity contribution is 0.828. The molecule has 0 unspecified atom stereocenters. The number of hydrogen-bond acceptors (Lipinski definition) is 1. The van der Waals surface area contributed by atoms with Crippen molar-refractivity contribution in [1.29, 1.82) is 0 Å². The zero-order valence-electron chi connectivity index (χ0n) is 11.9. The third kappa shape index (κ3) is 6.26. The molecule has 0 bridgehead atoms. The topological polar surface area (TPSA) is 3.24 Å². The lowest BCUT2D eigenvalue weighted by Gasteiger charge is -2.11. The Bertz CT molecular complexity index is 560. The quantitative estimate of drug-likeness (QED) is 0.587. The molecule has 0 saturated heterocycles. The van der Waals surface area contributed by atoms with Gasteiger partial charge in [-0.25, -0.2) is 0 Å². The number of anilines is 1. The van der Waals surface area contributed by atoms with E-state index in [2.05, 4.69) is 47.3 Å². The summed E-state index contributed by atoms with van der Waals surface area (Å²) in [6.45, 7) is 2.15. The van der Waals surface area contributed by atoms with Crippen molar-refractivity contribution >= 4 is 5.69 Å². The van der Waals surface area contributed by atoms with Gasteiger partial charge in [0.1, 0.15) is 0 Å². The second-order valence-corrected chi connectivity index (χ2v) is 4.35. The summed E-state index contributed by atoms with van der Waals surface area (Å²) in [5, 5.41) is 0. The van der Waals surface area contributed by atoms with Gasteiger partial charge in [-0.15, -0.1) is 0 Å². The molecule has 1 aromatic carbocycles. The summed E-state index contributed by atoms with van der Waals surface area (Å²) in [7, 11) is 4.03. The molecule has 1 heteroatoms. The highest BCUT2D eigenvalue weighted by Gasteiger charge is 1.92. The van der Waals surface area contributed by atoms with Gasteiger partial charge in [0.15, 0.2) is 0 Å². The molecule has 0 heterocycles. The van der Waals surface area contributed by atoms with Crippen LogP contribution in [-0.2, 0) is 0 Å². The first-order valence-corrected chi connectivity index (χ1v) is 6.50. The molecule has 0 atom stereocenters. The largest absolute Gasteiger partial charge is 0.378 e. The van der Waals surface area contributed by atoms with Gasteiger partial charge >= 0.3 is 0 Å². The Morgan fingerprint density at radius 1 is 0.947 bits per heavy atom. The third-order valence-electron chi connectivity index (χ3n) is 2.52. The van der Waals surface area contributed by atoms with Gasteiger partial charge in [-0.3, -0.25) is 0 Å². The van der Waals surface area contributed by atoms with Gasteiger partial charge in [0.25, 0.3) is 0 Å². The number of rotatable bonds is 3. The van der Waals surface area contributed by atoms with Gasteiger partial charge in [0.05, 0.1) is 0 Å². The molecule has 1 nitrogen and oxygen atoms in total. The standard InChI is InChI=1S/C18H19N/c1-4-5-6-7-8-9-10-11-12-17-13-15-18(16-14-17)19(2)3/h13-16H,4-6H2,1-3H3. The van der Waals surface area contributed by atoms with Gasteiger partial charge in [0.2, 0.25) is 0 Å². The Kier molecular flexibility index (Phi) is 6.79. The lowest BCUT2D eigenvalue weighted by atomic mass is 10.2. The summed E-state index contributed by atoms with van der Waals surface area (Å²) in [6.07, 6.45) is 3.23. The van der Waals surface area contributed by atoms with Crippen LogP contribution in [0.3, 0.4) is 0 Å². The minimum atomic E-state index is 0.921. The van der Waals surface area contributed by atoms with E-state index in [1.54, 1.807) is 0 Å². The molecule has 0 saturated carbocycles. The number of benzene rings is 1. The van der Waals surface area contributed by atoms with E-state index >= 15 is 0 Å². The second-order valence-electron chi connectivity index (χ2n) is 4.35. The van der Waals surface area contributed by atoms with E-state index in [-0.39, 0.29) is 0 Å². The van der Waals surface area contributed by atoms with Crippen molar-refractivity contribution in [3.8, 4) is 35.5 Å². The van der Waals surface area contributed by atoms with Crippen molar-refractivity contribution in [3.05, 3.63) is 29.8 Å². The molecule has 96 valence electrons. The van der Waals surface area contributed by atoms with E-state index in [0.717, 1.165) is 18.4 Å². The van der Waals surface area contributed by atoms with Crippen molar-refractivity contribution in [3.63, 3.8) is 0 Å². The zero-order chi connectivity index (χ0) is 13.9. The Hall–Kier alpha value is -2.30. The Morgan fingerprint density at radius 3 is 2.26 bits per heavy atom. The number of unbranched alkanes of at least 4 members (excludes halogenated alkanes) is 2. The van der Waals surface area contributed by atoms with Crippen LogP contribution in [-0.4, -0.2) is 14.1 Å². The van der Waals surface area contributed by atoms with Crippen LogP contribution < -0.4 is 4.90 Å². The summed E-state index contributed by atoms with van der Waals surface area (Å²) in [5.41, 5.74) is 2.14. The zero-order valence-corrected chi connectivity index (χ0v) is 11.9. The summed E-state index contributed by atoms with van der Waals surface area (Å²) >= 11 is 0. The van der Waals surface area contributed by atoms with Crippen LogP contribution >= 0.6 is 0 Å². The first kappa shape index (κ1) is 14.8. The maximum absolute atomic E-state index is 3.01. The average Bonchev–Trinajstić information content (AvgIpc) is 2.42. The highest BCUT2D eigenvalue weighted by atomic mass is 15.1. The fourth-order valence-electron chi connectivity index (χ4n) is 1.38. The van der Waals surface area contributed by atoms with Crippen LogP contribution in [0.2, 0.25) is 0 Å². The van der Waals surface area contributed by atoms with Crippen molar-refractivity contribution in [2.45, 2.75) is 26.2 Å². The predicted octanol–water partition coefficient (Wildman–Crippen LogP) is 3.30. The summed E-state index contributed by atoms with van der Waals surface area (Å²) in [6, 6.07) is 8.08. The molecule has 0 aliphatic carbocycles. The van der Waals surface area contributed by atoms with E-state index in [9.17, 15) is 0 Å². The van der Waals surface area contributed by atoms with E-state index in [4.69, 9.17) is 0 Å². The maximum atomic E-state index is 3.01. The molecule has 0 aromatic heterocycles. The van der Waals surface area contributed by atoms with Crippen LogP contribution in [0.1, 0.15) is 31.7 Å². The number of nitrogens with zero attached hydrogens (tertiary/aromatic N) is 1. The molecule has 0 amide bonds. The van der Waals surface area contributed by atoms with Crippen LogP contribution in [0.5, 0.6) is 0 Å². The van der Waals surface area contributed by atoms with Crippen LogP contribution in [0, 0.1) is 35.5 Å². The third-order valence-corrected chi connectivity index (χ3v) is 2.52. The fourth-order valence-corrected chi connectivity index (χ4v) is 1.38. The van der Waals surface area contributed by atoms with E-state index in [0.29, 0.717) is 0 Å². The smallest absolute Gasteiger partial charge is 0.0361 e. The maximum Gasteiger partial charge on any atom is 0.0361 e. The van der Waals surface area contributed by atoms with Gasteiger partial charge < -0.3 is 4.90 Å². The van der Waals surface area contributed by atoms with E-state index in [1.165, 1.54) is 12.1 Å². The Labute approximate surface area is 117 Å². The normalized spacial score (nSPS) is 8.16. The summed E-state index contributed by atoms with van der Waals surface area (Å²) in [4.78, 5) is 2.06. The van der Waals surface area contributed by atoms with Crippen LogP contribution in [0.4, 0.5) is 5.69 Å². The minimum absolute atomic E-state index is 0.921. The van der Waals surface area contributed by atoms with Gasteiger partial charge in [-0.2, -0.15) is 0 Å². The second kappa shape index (κ2) is 8.74. The molecule has 1 aromatic rings. The van der Waals surface area contributed by atoms with Gasteiger partial charge in [0, 0.05) is 31.8 Å². The molecule has 0 N–H and O–H groups in total. The average molecular weight is 249 g/mol. The first-order chi connectivity index (χ1) is 9.24. The van der Waals surface area contributed by atoms with Gasteiger partial charge in [-0.05, 0) is 54.4 Å². The van der Waals surface area contributed by atoms with Crippen LogP contribution in [0.15, 0.2) is 24.3 Å². The molecule has 0 radical (unpaired) electrons. The van der Waals surface area contributed by atoms with Crippen molar-refractivity contribution in [2.75, 3.05) is 19.0 Å².